The molecule has 3 aromatic rings. The zero-order valence-corrected chi connectivity index (χ0v) is 11.0. The normalized spacial score (nSPS) is 10.6. The van der Waals surface area contributed by atoms with E-state index in [1.807, 2.05) is 0 Å². The number of hydrogen-bond acceptors (Lipinski definition) is 5. The first kappa shape index (κ1) is 13.9. The Labute approximate surface area is 122 Å². The van der Waals surface area contributed by atoms with Crippen molar-refractivity contribution in [1.82, 2.24) is 15.5 Å². The van der Waals surface area contributed by atoms with Crippen LogP contribution in [0.25, 0.3) is 11.7 Å². The zero-order valence-electron chi connectivity index (χ0n) is 11.0. The second-order valence-electron chi connectivity index (χ2n) is 4.30. The molecule has 2 heterocycles. The average Bonchev–Trinajstić information content (AvgIpc) is 3.18. The van der Waals surface area contributed by atoms with Gasteiger partial charge in [-0.3, -0.25) is 4.79 Å². The van der Waals surface area contributed by atoms with Gasteiger partial charge in [-0.2, -0.15) is 4.98 Å². The summed E-state index contributed by atoms with van der Waals surface area (Å²) in [4.78, 5) is 15.8. The van der Waals surface area contributed by atoms with Crippen molar-refractivity contribution < 1.29 is 22.5 Å². The van der Waals surface area contributed by atoms with E-state index in [4.69, 9.17) is 8.94 Å². The van der Waals surface area contributed by atoms with Crippen molar-refractivity contribution in [2.75, 3.05) is 0 Å². The Morgan fingerprint density at radius 1 is 1.23 bits per heavy atom. The lowest BCUT2D eigenvalue weighted by atomic mass is 10.2. The van der Waals surface area contributed by atoms with Gasteiger partial charge in [0.25, 0.3) is 11.8 Å². The summed E-state index contributed by atoms with van der Waals surface area (Å²) in [5, 5.41) is 6.15. The SMILES string of the molecule is O=C(NCc1noc(-c2ccco2)n1)c1ccc(F)c(F)c1. The van der Waals surface area contributed by atoms with Crippen LogP contribution < -0.4 is 5.32 Å². The molecule has 1 amide bonds. The molecule has 8 heteroatoms. The first-order valence-electron chi connectivity index (χ1n) is 6.23. The summed E-state index contributed by atoms with van der Waals surface area (Å²) < 4.78 is 35.9. The minimum Gasteiger partial charge on any atom is -0.459 e. The second-order valence-corrected chi connectivity index (χ2v) is 4.30. The van der Waals surface area contributed by atoms with Crippen LogP contribution in [0.5, 0.6) is 0 Å². The van der Waals surface area contributed by atoms with E-state index in [1.165, 1.54) is 12.3 Å². The summed E-state index contributed by atoms with van der Waals surface area (Å²) in [5.41, 5.74) is -0.00588. The molecular formula is C14H9F2N3O3. The summed E-state index contributed by atoms with van der Waals surface area (Å²) in [7, 11) is 0. The number of halogens is 2. The molecule has 0 unspecified atom stereocenters. The standard InChI is InChI=1S/C14H9F2N3O3/c15-9-4-3-8(6-10(9)16)13(20)17-7-12-18-14(22-19-12)11-2-1-5-21-11/h1-6H,7H2,(H,17,20). The van der Waals surface area contributed by atoms with Crippen molar-refractivity contribution in [1.29, 1.82) is 0 Å². The number of hydrogen-bond donors (Lipinski definition) is 1. The summed E-state index contributed by atoms with van der Waals surface area (Å²) in [6.07, 6.45) is 1.46. The molecule has 0 aliphatic heterocycles. The molecule has 0 fully saturated rings. The lowest BCUT2D eigenvalue weighted by molar-refractivity contribution is 0.0949. The van der Waals surface area contributed by atoms with Crippen molar-refractivity contribution in [3.8, 4) is 11.7 Å². The second kappa shape index (κ2) is 5.76. The van der Waals surface area contributed by atoms with E-state index in [1.54, 1.807) is 12.1 Å². The van der Waals surface area contributed by atoms with Crippen molar-refractivity contribution in [2.45, 2.75) is 6.54 Å². The molecule has 0 aliphatic carbocycles. The van der Waals surface area contributed by atoms with Gasteiger partial charge in [0.15, 0.2) is 23.2 Å². The van der Waals surface area contributed by atoms with E-state index in [2.05, 4.69) is 15.5 Å². The van der Waals surface area contributed by atoms with Gasteiger partial charge in [0.1, 0.15) is 0 Å². The Morgan fingerprint density at radius 2 is 2.09 bits per heavy atom. The van der Waals surface area contributed by atoms with Gasteiger partial charge in [0.2, 0.25) is 0 Å². The van der Waals surface area contributed by atoms with Gasteiger partial charge in [-0.15, -0.1) is 0 Å². The quantitative estimate of drug-likeness (QED) is 0.801. The Kier molecular flexibility index (Phi) is 3.65. The highest BCUT2D eigenvalue weighted by molar-refractivity contribution is 5.94. The van der Waals surface area contributed by atoms with Crippen LogP contribution in [0.1, 0.15) is 16.2 Å². The maximum absolute atomic E-state index is 13.1. The minimum atomic E-state index is -1.09. The highest BCUT2D eigenvalue weighted by atomic mass is 19.2. The fraction of sp³-hybridized carbons (Fsp3) is 0.0714. The van der Waals surface area contributed by atoms with Crippen LogP contribution in [0.3, 0.4) is 0 Å². The molecule has 0 radical (unpaired) electrons. The van der Waals surface area contributed by atoms with Crippen LogP contribution in [0.2, 0.25) is 0 Å². The van der Waals surface area contributed by atoms with Crippen LogP contribution in [-0.4, -0.2) is 16.0 Å². The summed E-state index contributed by atoms with van der Waals surface area (Å²) >= 11 is 0. The van der Waals surface area contributed by atoms with Crippen molar-refractivity contribution in [3.63, 3.8) is 0 Å². The number of aromatic nitrogens is 2. The average molecular weight is 305 g/mol. The first-order valence-corrected chi connectivity index (χ1v) is 6.23. The molecule has 0 aliphatic rings. The molecular weight excluding hydrogens is 296 g/mol. The number of nitrogens with one attached hydrogen (secondary N) is 1. The van der Waals surface area contributed by atoms with E-state index in [9.17, 15) is 13.6 Å². The number of furan rings is 1. The monoisotopic (exact) mass is 305 g/mol. The maximum Gasteiger partial charge on any atom is 0.293 e. The van der Waals surface area contributed by atoms with Gasteiger partial charge in [0, 0.05) is 5.56 Å². The molecule has 1 N–H and O–H groups in total. The number of carbonyl (C=O) groups is 1. The predicted molar refractivity (Wildman–Crippen MR) is 69.5 cm³/mol. The highest BCUT2D eigenvalue weighted by Crippen LogP contribution is 2.17. The summed E-state index contributed by atoms with van der Waals surface area (Å²) in [5.74, 6) is -1.87. The Bertz CT molecular complexity index is 800. The van der Waals surface area contributed by atoms with Gasteiger partial charge < -0.3 is 14.3 Å². The number of rotatable bonds is 4. The lowest BCUT2D eigenvalue weighted by Gasteiger charge is -2.02. The molecule has 0 saturated heterocycles. The first-order chi connectivity index (χ1) is 10.6. The predicted octanol–water partition coefficient (Wildman–Crippen LogP) is 2.54. The molecule has 2 aromatic heterocycles. The van der Waals surface area contributed by atoms with Gasteiger partial charge in [-0.05, 0) is 30.3 Å². The Morgan fingerprint density at radius 3 is 2.82 bits per heavy atom. The Balaban J connectivity index is 1.65. The molecule has 0 spiro atoms. The third-order valence-corrected chi connectivity index (χ3v) is 2.79. The lowest BCUT2D eigenvalue weighted by Crippen LogP contribution is -2.23. The van der Waals surface area contributed by atoms with Crippen LogP contribution in [0, 0.1) is 11.6 Å². The van der Waals surface area contributed by atoms with Crippen molar-refractivity contribution in [2.24, 2.45) is 0 Å². The Hall–Kier alpha value is -3.03. The van der Waals surface area contributed by atoms with E-state index in [0.717, 1.165) is 12.1 Å². The van der Waals surface area contributed by atoms with E-state index >= 15 is 0 Å². The van der Waals surface area contributed by atoms with Crippen LogP contribution in [-0.2, 0) is 6.54 Å². The topological polar surface area (TPSA) is 81.2 Å². The maximum atomic E-state index is 13.1. The smallest absolute Gasteiger partial charge is 0.293 e. The molecule has 0 saturated carbocycles. The van der Waals surface area contributed by atoms with Gasteiger partial charge in [-0.1, -0.05) is 5.16 Å². The van der Waals surface area contributed by atoms with E-state index < -0.39 is 17.5 Å². The fourth-order valence-corrected chi connectivity index (χ4v) is 1.72. The van der Waals surface area contributed by atoms with E-state index in [0.29, 0.717) is 5.76 Å². The molecule has 0 atom stereocenters. The molecule has 3 rings (SSSR count). The third-order valence-electron chi connectivity index (χ3n) is 2.79. The molecule has 1 aromatic carbocycles. The minimum absolute atomic E-state index is 0.00588. The number of amides is 1. The van der Waals surface area contributed by atoms with Crippen LogP contribution in [0.4, 0.5) is 8.78 Å². The van der Waals surface area contributed by atoms with E-state index in [-0.39, 0.29) is 23.8 Å². The summed E-state index contributed by atoms with van der Waals surface area (Å²) in [6.45, 7) is -0.0258. The zero-order chi connectivity index (χ0) is 15.5. The van der Waals surface area contributed by atoms with Gasteiger partial charge in [0.05, 0.1) is 12.8 Å². The van der Waals surface area contributed by atoms with Gasteiger partial charge >= 0.3 is 0 Å². The number of carbonyl (C=O) groups excluding carboxylic acids is 1. The fourth-order valence-electron chi connectivity index (χ4n) is 1.72. The van der Waals surface area contributed by atoms with Gasteiger partial charge in [-0.25, -0.2) is 8.78 Å². The van der Waals surface area contributed by atoms with Crippen molar-refractivity contribution in [3.05, 3.63) is 59.6 Å². The number of nitrogens with zero attached hydrogens (tertiary/aromatic N) is 2. The highest BCUT2D eigenvalue weighted by Gasteiger charge is 2.13. The summed E-state index contributed by atoms with van der Waals surface area (Å²) in [6, 6.07) is 6.20. The van der Waals surface area contributed by atoms with Crippen LogP contribution >= 0.6 is 0 Å². The third kappa shape index (κ3) is 2.85. The molecule has 22 heavy (non-hydrogen) atoms. The number of benzene rings is 1. The molecule has 112 valence electrons. The van der Waals surface area contributed by atoms with Crippen LogP contribution in [0.15, 0.2) is 45.5 Å². The molecule has 0 bridgehead atoms. The van der Waals surface area contributed by atoms with Crippen molar-refractivity contribution >= 4 is 5.91 Å². The largest absolute Gasteiger partial charge is 0.459 e. The molecule has 6 nitrogen and oxygen atoms in total.